The molecule has 1 heterocycles. The van der Waals surface area contributed by atoms with Crippen molar-refractivity contribution < 1.29 is 49.8 Å². The molecule has 7 N–H and O–H groups in total. The fraction of sp³-hybridized carbons (Fsp3) is 0.667. The number of amides is 2. The summed E-state index contributed by atoms with van der Waals surface area (Å²) in [5.74, 6) is -5.05. The lowest BCUT2D eigenvalue weighted by Gasteiger charge is -2.29. The lowest BCUT2D eigenvalue weighted by atomic mass is 9.78. The van der Waals surface area contributed by atoms with Gasteiger partial charge in [0.15, 0.2) is 12.2 Å². The number of carboxylic acids is 2. The number of aliphatic hydroxyl groups excluding tert-OH is 4. The van der Waals surface area contributed by atoms with Crippen LogP contribution in [0.25, 0.3) is 0 Å². The molecule has 6 atom stereocenters. The molecule has 130 valence electrons. The van der Waals surface area contributed by atoms with Crippen LogP contribution in [-0.4, -0.2) is 78.8 Å². The summed E-state index contributed by atoms with van der Waals surface area (Å²) < 4.78 is 0. The highest BCUT2D eigenvalue weighted by atomic mass is 16.4. The summed E-state index contributed by atoms with van der Waals surface area (Å²) in [5, 5.41) is 53.3. The molecular weight excluding hydrogens is 318 g/mol. The van der Waals surface area contributed by atoms with Crippen LogP contribution in [0.15, 0.2) is 0 Å². The molecule has 2 amide bonds. The van der Waals surface area contributed by atoms with E-state index in [-0.39, 0.29) is 24.7 Å². The molecule has 0 radical (unpaired) electrons. The first-order valence-electron chi connectivity index (χ1n) is 6.58. The Morgan fingerprint density at radius 3 is 1.43 bits per heavy atom. The minimum Gasteiger partial charge on any atom is -0.479 e. The largest absolute Gasteiger partial charge is 0.479 e. The summed E-state index contributed by atoms with van der Waals surface area (Å²) in [6, 6.07) is 0. The topological polar surface area (TPSA) is 202 Å². The molecule has 0 aromatic heterocycles. The van der Waals surface area contributed by atoms with Crippen molar-refractivity contribution in [2.75, 3.05) is 0 Å². The van der Waals surface area contributed by atoms with Crippen LogP contribution in [0.1, 0.15) is 12.8 Å². The first-order chi connectivity index (χ1) is 10.6. The van der Waals surface area contributed by atoms with Crippen LogP contribution in [0.2, 0.25) is 0 Å². The summed E-state index contributed by atoms with van der Waals surface area (Å²) in [6.07, 6.45) is -5.92. The summed E-state index contributed by atoms with van der Waals surface area (Å²) in [4.78, 5) is 41.8. The third kappa shape index (κ3) is 4.45. The molecule has 11 nitrogen and oxygen atoms in total. The highest BCUT2D eigenvalue weighted by molar-refractivity contribution is 6.05. The zero-order valence-electron chi connectivity index (χ0n) is 11.7. The van der Waals surface area contributed by atoms with Crippen LogP contribution in [0.4, 0.5) is 0 Å². The number of rotatable bonds is 3. The number of nitrogens with one attached hydrogen (secondary N) is 1. The average molecular weight is 335 g/mol. The number of fused-ring (bicyclic) bond motifs is 1. The van der Waals surface area contributed by atoms with Crippen LogP contribution in [0.5, 0.6) is 0 Å². The van der Waals surface area contributed by atoms with E-state index in [2.05, 4.69) is 5.32 Å². The normalized spacial score (nSPS) is 32.0. The van der Waals surface area contributed by atoms with Crippen LogP contribution >= 0.6 is 0 Å². The predicted octanol–water partition coefficient (Wildman–Crippen LogP) is -3.73. The second kappa shape index (κ2) is 7.46. The Balaban J connectivity index is 0.000000241. The second-order valence-corrected chi connectivity index (χ2v) is 5.24. The van der Waals surface area contributed by atoms with Crippen LogP contribution < -0.4 is 5.32 Å². The molecule has 0 aromatic carbocycles. The second-order valence-electron chi connectivity index (χ2n) is 5.24. The Morgan fingerprint density at radius 1 is 0.870 bits per heavy atom. The number of carbonyl (C=O) groups excluding carboxylic acids is 2. The van der Waals surface area contributed by atoms with Gasteiger partial charge >= 0.3 is 11.9 Å². The summed E-state index contributed by atoms with van der Waals surface area (Å²) in [5.41, 5.74) is 0. The number of carboxylic acid groups (broad SMARTS) is 2. The SMILES string of the molecule is O=C(O)C(O)C(O)C(=O)O.O=C1NC(=O)C2CC(O)C(O)CC12. The Kier molecular flexibility index (Phi) is 6.15. The van der Waals surface area contributed by atoms with Gasteiger partial charge in [-0.3, -0.25) is 14.9 Å². The zero-order chi connectivity index (χ0) is 17.9. The molecule has 0 spiro atoms. The first-order valence-corrected chi connectivity index (χ1v) is 6.58. The number of hydrogen-bond donors (Lipinski definition) is 7. The highest BCUT2D eigenvalue weighted by Gasteiger charge is 2.47. The van der Waals surface area contributed by atoms with E-state index in [1.165, 1.54) is 0 Å². The van der Waals surface area contributed by atoms with Crippen LogP contribution in [0, 0.1) is 11.8 Å². The predicted molar refractivity (Wildman–Crippen MR) is 68.7 cm³/mol. The summed E-state index contributed by atoms with van der Waals surface area (Å²) in [7, 11) is 0. The number of hydrogen-bond acceptors (Lipinski definition) is 8. The number of imide groups is 1. The Hall–Kier alpha value is -2.08. The van der Waals surface area contributed by atoms with Crippen molar-refractivity contribution in [3.63, 3.8) is 0 Å². The number of aliphatic hydroxyl groups is 4. The average Bonchev–Trinajstić information content (AvgIpc) is 2.73. The minimum atomic E-state index is -2.27. The first kappa shape index (κ1) is 19.0. The van der Waals surface area contributed by atoms with E-state index in [0.29, 0.717) is 0 Å². The molecule has 2 rings (SSSR count). The Bertz CT molecular complexity index is 462. The molecule has 0 aromatic rings. The van der Waals surface area contributed by atoms with Gasteiger partial charge < -0.3 is 30.6 Å². The van der Waals surface area contributed by atoms with Crippen molar-refractivity contribution in [1.29, 1.82) is 0 Å². The lowest BCUT2D eigenvalue weighted by Crippen LogP contribution is -2.40. The van der Waals surface area contributed by atoms with Crippen LogP contribution in [-0.2, 0) is 19.2 Å². The van der Waals surface area contributed by atoms with E-state index in [1.54, 1.807) is 0 Å². The van der Waals surface area contributed by atoms with Crippen molar-refractivity contribution in [1.82, 2.24) is 5.32 Å². The van der Waals surface area contributed by atoms with E-state index in [1.807, 2.05) is 0 Å². The smallest absolute Gasteiger partial charge is 0.335 e. The fourth-order valence-corrected chi connectivity index (χ4v) is 2.32. The van der Waals surface area contributed by atoms with E-state index < -0.39 is 48.2 Å². The Labute approximate surface area is 129 Å². The van der Waals surface area contributed by atoms with E-state index in [0.717, 1.165) is 0 Å². The molecule has 11 heteroatoms. The van der Waals surface area contributed by atoms with Crippen molar-refractivity contribution >= 4 is 23.8 Å². The van der Waals surface area contributed by atoms with Gasteiger partial charge in [-0.05, 0) is 12.8 Å². The van der Waals surface area contributed by atoms with Gasteiger partial charge in [-0.2, -0.15) is 0 Å². The number of aliphatic carboxylic acids is 2. The van der Waals surface area contributed by atoms with Crippen LogP contribution in [0.3, 0.4) is 0 Å². The molecule has 1 saturated carbocycles. The monoisotopic (exact) mass is 335 g/mol. The lowest BCUT2D eigenvalue weighted by molar-refractivity contribution is -0.165. The molecule has 1 aliphatic carbocycles. The molecule has 2 fully saturated rings. The van der Waals surface area contributed by atoms with Gasteiger partial charge in [-0.1, -0.05) is 0 Å². The molecule has 6 unspecified atom stereocenters. The van der Waals surface area contributed by atoms with Crippen molar-refractivity contribution in [3.8, 4) is 0 Å². The van der Waals surface area contributed by atoms with Gasteiger partial charge in [0.05, 0.1) is 24.0 Å². The third-order valence-electron chi connectivity index (χ3n) is 3.65. The summed E-state index contributed by atoms with van der Waals surface area (Å²) in [6.45, 7) is 0. The maximum atomic E-state index is 11.1. The third-order valence-corrected chi connectivity index (χ3v) is 3.65. The van der Waals surface area contributed by atoms with Gasteiger partial charge in [0, 0.05) is 0 Å². The van der Waals surface area contributed by atoms with E-state index >= 15 is 0 Å². The van der Waals surface area contributed by atoms with Gasteiger partial charge in [0.2, 0.25) is 11.8 Å². The van der Waals surface area contributed by atoms with Gasteiger partial charge in [0.1, 0.15) is 0 Å². The van der Waals surface area contributed by atoms with Crippen molar-refractivity contribution in [3.05, 3.63) is 0 Å². The maximum Gasteiger partial charge on any atom is 0.335 e. The van der Waals surface area contributed by atoms with Gasteiger partial charge in [-0.15, -0.1) is 0 Å². The minimum absolute atomic E-state index is 0.184. The van der Waals surface area contributed by atoms with Gasteiger partial charge in [0.25, 0.3) is 0 Å². The van der Waals surface area contributed by atoms with E-state index in [9.17, 15) is 29.4 Å². The fourth-order valence-electron chi connectivity index (χ4n) is 2.32. The highest BCUT2D eigenvalue weighted by Crippen LogP contribution is 2.34. The quantitative estimate of drug-likeness (QED) is 0.251. The molecule has 0 bridgehead atoms. The standard InChI is InChI=1S/C8H11NO4.C4H6O6/c10-5-1-3-4(2-6(5)11)8(13)9-7(3)12;5-1(3(7)8)2(6)4(9)10/h3-6,10-11H,1-2H2,(H,9,12,13);1-2,5-6H,(H,7,8)(H,9,10). The van der Waals surface area contributed by atoms with Crippen molar-refractivity contribution in [2.45, 2.75) is 37.3 Å². The zero-order valence-corrected chi connectivity index (χ0v) is 11.7. The van der Waals surface area contributed by atoms with Gasteiger partial charge in [-0.25, -0.2) is 9.59 Å². The molecule has 2 aliphatic rings. The molecule has 23 heavy (non-hydrogen) atoms. The van der Waals surface area contributed by atoms with Crippen molar-refractivity contribution in [2.24, 2.45) is 11.8 Å². The molecular formula is C12H17NO10. The molecule has 1 saturated heterocycles. The molecule has 1 aliphatic heterocycles. The Morgan fingerprint density at radius 2 is 1.17 bits per heavy atom. The number of carbonyl (C=O) groups is 4. The summed E-state index contributed by atoms with van der Waals surface area (Å²) >= 11 is 0. The maximum absolute atomic E-state index is 11.1. The van der Waals surface area contributed by atoms with E-state index in [4.69, 9.17) is 20.4 Å².